The minimum atomic E-state index is -0.358. The number of carbonyl (C=O) groups is 1. The van der Waals surface area contributed by atoms with Gasteiger partial charge in [-0.1, -0.05) is 18.2 Å². The molecule has 0 unspecified atom stereocenters. The molecule has 0 saturated carbocycles. The van der Waals surface area contributed by atoms with Crippen molar-refractivity contribution >= 4 is 16.7 Å². The van der Waals surface area contributed by atoms with Crippen LogP contribution in [0.3, 0.4) is 0 Å². The highest BCUT2D eigenvalue weighted by molar-refractivity contribution is 6.04. The Morgan fingerprint density at radius 3 is 2.54 bits per heavy atom. The van der Waals surface area contributed by atoms with E-state index in [1.54, 1.807) is 48.5 Å². The predicted molar refractivity (Wildman–Crippen MR) is 96.0 cm³/mol. The third-order valence-corrected chi connectivity index (χ3v) is 3.87. The Balaban J connectivity index is 1.85. The summed E-state index contributed by atoms with van der Waals surface area (Å²) < 4.78 is 6.83. The molecule has 7 nitrogen and oxygen atoms in total. The SMILES string of the molecule is CNC(=O)c1nn(CCOc2ccc(C#N)cc2)c(=O)c2ccccc12. The van der Waals surface area contributed by atoms with Crippen LogP contribution in [0, 0.1) is 11.3 Å². The summed E-state index contributed by atoms with van der Waals surface area (Å²) >= 11 is 0. The van der Waals surface area contributed by atoms with E-state index in [1.807, 2.05) is 6.07 Å². The van der Waals surface area contributed by atoms with Crippen LogP contribution in [-0.2, 0) is 6.54 Å². The van der Waals surface area contributed by atoms with Gasteiger partial charge >= 0.3 is 0 Å². The number of nitriles is 1. The second-order valence-electron chi connectivity index (χ2n) is 5.49. The Morgan fingerprint density at radius 1 is 1.19 bits per heavy atom. The number of nitrogens with zero attached hydrogens (tertiary/aromatic N) is 3. The zero-order valence-corrected chi connectivity index (χ0v) is 14.1. The van der Waals surface area contributed by atoms with Crippen LogP contribution in [0.5, 0.6) is 5.75 Å². The summed E-state index contributed by atoms with van der Waals surface area (Å²) in [6.07, 6.45) is 0. The monoisotopic (exact) mass is 348 g/mol. The van der Waals surface area contributed by atoms with Crippen molar-refractivity contribution in [2.24, 2.45) is 0 Å². The molecule has 3 rings (SSSR count). The summed E-state index contributed by atoms with van der Waals surface area (Å²) in [5.41, 5.74) is 0.456. The Labute approximate surface area is 149 Å². The largest absolute Gasteiger partial charge is 0.492 e. The molecule has 26 heavy (non-hydrogen) atoms. The average molecular weight is 348 g/mol. The molecule has 1 amide bonds. The number of hydrogen-bond donors (Lipinski definition) is 1. The van der Waals surface area contributed by atoms with Gasteiger partial charge in [-0.15, -0.1) is 0 Å². The number of amides is 1. The fraction of sp³-hybridized carbons (Fsp3) is 0.158. The molecule has 0 spiro atoms. The van der Waals surface area contributed by atoms with Gasteiger partial charge in [0.05, 0.1) is 23.6 Å². The smallest absolute Gasteiger partial charge is 0.274 e. The van der Waals surface area contributed by atoms with E-state index in [0.29, 0.717) is 22.1 Å². The predicted octanol–water partition coefficient (Wildman–Crippen LogP) is 1.71. The first-order chi connectivity index (χ1) is 12.6. The van der Waals surface area contributed by atoms with Gasteiger partial charge < -0.3 is 10.1 Å². The van der Waals surface area contributed by atoms with Crippen molar-refractivity contribution in [3.8, 4) is 11.8 Å². The third kappa shape index (κ3) is 3.39. The number of aromatic nitrogens is 2. The summed E-state index contributed by atoms with van der Waals surface area (Å²) in [4.78, 5) is 24.7. The van der Waals surface area contributed by atoms with E-state index in [-0.39, 0.29) is 30.3 Å². The molecular formula is C19H16N4O3. The zero-order valence-electron chi connectivity index (χ0n) is 14.1. The van der Waals surface area contributed by atoms with Gasteiger partial charge in [-0.2, -0.15) is 10.4 Å². The summed E-state index contributed by atoms with van der Waals surface area (Å²) in [5, 5.41) is 16.5. The Hall–Kier alpha value is -3.66. The van der Waals surface area contributed by atoms with Crippen LogP contribution in [0.1, 0.15) is 16.1 Å². The van der Waals surface area contributed by atoms with Crippen LogP contribution in [0.4, 0.5) is 0 Å². The van der Waals surface area contributed by atoms with Gasteiger partial charge in [0.1, 0.15) is 12.4 Å². The quantitative estimate of drug-likeness (QED) is 0.757. The molecule has 0 aliphatic rings. The molecule has 7 heteroatoms. The molecule has 0 radical (unpaired) electrons. The zero-order chi connectivity index (χ0) is 18.5. The highest BCUT2D eigenvalue weighted by atomic mass is 16.5. The summed E-state index contributed by atoms with van der Waals surface area (Å²) in [5.74, 6) is 0.229. The lowest BCUT2D eigenvalue weighted by atomic mass is 10.1. The highest BCUT2D eigenvalue weighted by Gasteiger charge is 2.15. The molecule has 1 heterocycles. The molecule has 130 valence electrons. The second-order valence-corrected chi connectivity index (χ2v) is 5.49. The summed E-state index contributed by atoms with van der Waals surface area (Å²) in [6.45, 7) is 0.387. The van der Waals surface area contributed by atoms with Gasteiger partial charge in [0, 0.05) is 12.4 Å². The third-order valence-electron chi connectivity index (χ3n) is 3.87. The number of ether oxygens (including phenoxy) is 1. The fourth-order valence-corrected chi connectivity index (χ4v) is 2.55. The second kappa shape index (κ2) is 7.49. The van der Waals surface area contributed by atoms with Gasteiger partial charge in [-0.25, -0.2) is 4.68 Å². The van der Waals surface area contributed by atoms with E-state index >= 15 is 0 Å². The van der Waals surface area contributed by atoms with Crippen LogP contribution in [-0.4, -0.2) is 29.3 Å². The van der Waals surface area contributed by atoms with Gasteiger partial charge in [0.15, 0.2) is 5.69 Å². The number of fused-ring (bicyclic) bond motifs is 1. The normalized spacial score (nSPS) is 10.3. The summed E-state index contributed by atoms with van der Waals surface area (Å²) in [7, 11) is 1.52. The molecule has 3 aromatic rings. The van der Waals surface area contributed by atoms with Crippen LogP contribution >= 0.6 is 0 Å². The first-order valence-electron chi connectivity index (χ1n) is 7.99. The average Bonchev–Trinajstić information content (AvgIpc) is 2.69. The lowest BCUT2D eigenvalue weighted by Gasteiger charge is -2.11. The highest BCUT2D eigenvalue weighted by Crippen LogP contribution is 2.14. The van der Waals surface area contributed by atoms with E-state index in [4.69, 9.17) is 10.00 Å². The van der Waals surface area contributed by atoms with Crippen LogP contribution in [0.25, 0.3) is 10.8 Å². The van der Waals surface area contributed by atoms with Crippen LogP contribution < -0.4 is 15.6 Å². The van der Waals surface area contributed by atoms with E-state index in [9.17, 15) is 9.59 Å². The van der Waals surface area contributed by atoms with E-state index in [0.717, 1.165) is 0 Å². The number of nitrogens with one attached hydrogen (secondary N) is 1. The van der Waals surface area contributed by atoms with Gasteiger partial charge in [-0.05, 0) is 30.3 Å². The lowest BCUT2D eigenvalue weighted by Crippen LogP contribution is -2.30. The van der Waals surface area contributed by atoms with Crippen molar-refractivity contribution in [1.82, 2.24) is 15.1 Å². The maximum absolute atomic E-state index is 12.6. The van der Waals surface area contributed by atoms with Crippen molar-refractivity contribution in [2.75, 3.05) is 13.7 Å². The molecule has 2 aromatic carbocycles. The molecule has 0 saturated heterocycles. The van der Waals surface area contributed by atoms with Crippen LogP contribution in [0.2, 0.25) is 0 Å². The Bertz CT molecular complexity index is 1050. The fourth-order valence-electron chi connectivity index (χ4n) is 2.55. The van der Waals surface area contributed by atoms with Gasteiger partial charge in [0.25, 0.3) is 11.5 Å². The number of hydrogen-bond acceptors (Lipinski definition) is 5. The number of benzene rings is 2. The minimum absolute atomic E-state index is 0.188. The van der Waals surface area contributed by atoms with Crippen molar-refractivity contribution in [2.45, 2.75) is 6.54 Å². The summed E-state index contributed by atoms with van der Waals surface area (Å²) in [6, 6.07) is 15.6. The van der Waals surface area contributed by atoms with Crippen LogP contribution in [0.15, 0.2) is 53.3 Å². The van der Waals surface area contributed by atoms with E-state index in [2.05, 4.69) is 10.4 Å². The van der Waals surface area contributed by atoms with Crippen molar-refractivity contribution in [3.63, 3.8) is 0 Å². The minimum Gasteiger partial charge on any atom is -0.492 e. The van der Waals surface area contributed by atoms with E-state index < -0.39 is 0 Å². The standard InChI is InChI=1S/C19H16N4O3/c1-21-18(24)17-15-4-2-3-5-16(15)19(25)23(22-17)10-11-26-14-8-6-13(12-20)7-9-14/h2-9H,10-11H2,1H3,(H,21,24). The maximum Gasteiger partial charge on any atom is 0.274 e. The first-order valence-corrected chi connectivity index (χ1v) is 7.99. The molecular weight excluding hydrogens is 332 g/mol. The molecule has 0 atom stereocenters. The maximum atomic E-state index is 12.6. The van der Waals surface area contributed by atoms with Crippen molar-refractivity contribution < 1.29 is 9.53 Å². The van der Waals surface area contributed by atoms with E-state index in [1.165, 1.54) is 11.7 Å². The molecule has 1 N–H and O–H groups in total. The molecule has 0 fully saturated rings. The Morgan fingerprint density at radius 2 is 1.88 bits per heavy atom. The van der Waals surface area contributed by atoms with Crippen molar-refractivity contribution in [3.05, 3.63) is 70.1 Å². The molecule has 0 bridgehead atoms. The van der Waals surface area contributed by atoms with Crippen molar-refractivity contribution in [1.29, 1.82) is 5.26 Å². The topological polar surface area (TPSA) is 97.0 Å². The number of carbonyl (C=O) groups excluding carboxylic acids is 1. The Kier molecular flexibility index (Phi) is 4.94. The van der Waals surface area contributed by atoms with Gasteiger partial charge in [-0.3, -0.25) is 9.59 Å². The lowest BCUT2D eigenvalue weighted by molar-refractivity contribution is 0.0957. The molecule has 0 aliphatic carbocycles. The molecule has 0 aliphatic heterocycles. The van der Waals surface area contributed by atoms with Gasteiger partial charge in [0.2, 0.25) is 0 Å². The number of rotatable bonds is 5. The molecule has 1 aromatic heterocycles. The first kappa shape index (κ1) is 17.2.